The topological polar surface area (TPSA) is 59.1 Å². The van der Waals surface area contributed by atoms with Gasteiger partial charge in [0.2, 0.25) is 0 Å². The largest absolute Gasteiger partial charge is 0.280 e. The minimum Gasteiger partial charge on any atom is -0.280 e. The van der Waals surface area contributed by atoms with Crippen molar-refractivity contribution < 1.29 is 8.42 Å². The van der Waals surface area contributed by atoms with Gasteiger partial charge in [0.05, 0.1) is 25.8 Å². The van der Waals surface area contributed by atoms with Crippen molar-refractivity contribution in [1.29, 1.82) is 0 Å². The number of benzene rings is 3. The number of anilines is 1. The highest BCUT2D eigenvalue weighted by atomic mass is 35.5. The molecule has 0 aliphatic rings. The van der Waals surface area contributed by atoms with Crippen LogP contribution in [0.25, 0.3) is 20.8 Å². The summed E-state index contributed by atoms with van der Waals surface area (Å²) >= 11 is 13.7. The summed E-state index contributed by atoms with van der Waals surface area (Å²) in [5.41, 5.74) is 2.04. The van der Waals surface area contributed by atoms with Crippen molar-refractivity contribution in [2.24, 2.45) is 0 Å². The van der Waals surface area contributed by atoms with E-state index in [1.807, 2.05) is 24.3 Å². The zero-order valence-electron chi connectivity index (χ0n) is 13.7. The predicted molar refractivity (Wildman–Crippen MR) is 112 cm³/mol. The molecule has 0 unspecified atom stereocenters. The molecule has 4 rings (SSSR count). The van der Waals surface area contributed by atoms with Gasteiger partial charge in [0.25, 0.3) is 10.0 Å². The van der Waals surface area contributed by atoms with Gasteiger partial charge in [-0.2, -0.15) is 0 Å². The third kappa shape index (κ3) is 3.80. The number of fused-ring (bicyclic) bond motifs is 1. The van der Waals surface area contributed by atoms with Crippen molar-refractivity contribution in [1.82, 2.24) is 4.98 Å². The average Bonchev–Trinajstić information content (AvgIpc) is 3.05. The van der Waals surface area contributed by atoms with Crippen LogP contribution < -0.4 is 4.72 Å². The molecule has 0 saturated heterocycles. The van der Waals surface area contributed by atoms with Gasteiger partial charge in [-0.1, -0.05) is 35.3 Å². The smallest absolute Gasteiger partial charge is 0.261 e. The van der Waals surface area contributed by atoms with Gasteiger partial charge in [-0.25, -0.2) is 13.4 Å². The molecule has 0 saturated carbocycles. The lowest BCUT2D eigenvalue weighted by atomic mass is 10.2. The Labute approximate surface area is 170 Å². The fourth-order valence-electron chi connectivity index (χ4n) is 2.57. The molecule has 1 N–H and O–H groups in total. The molecular formula is C19H12Cl2N2O2S2. The van der Waals surface area contributed by atoms with Crippen LogP contribution in [-0.4, -0.2) is 13.4 Å². The lowest BCUT2D eigenvalue weighted by Crippen LogP contribution is -2.12. The zero-order valence-corrected chi connectivity index (χ0v) is 16.8. The van der Waals surface area contributed by atoms with E-state index in [0.29, 0.717) is 15.7 Å². The summed E-state index contributed by atoms with van der Waals surface area (Å²) in [4.78, 5) is 4.71. The van der Waals surface area contributed by atoms with Gasteiger partial charge in [0.15, 0.2) is 0 Å². The first-order valence-electron chi connectivity index (χ1n) is 7.86. The standard InChI is InChI=1S/C19H12Cl2N2O2S2/c20-12-5-8-14(9-6-12)27(24,25)23-13-7-10-15(16(21)11-13)19-22-17-3-1-2-4-18(17)26-19/h1-11,23H. The number of nitrogens with one attached hydrogen (secondary N) is 1. The number of hydrogen-bond donors (Lipinski definition) is 1. The summed E-state index contributed by atoms with van der Waals surface area (Å²) < 4.78 is 28.6. The van der Waals surface area contributed by atoms with Crippen LogP contribution in [0, 0.1) is 0 Å². The van der Waals surface area contributed by atoms with E-state index in [4.69, 9.17) is 23.2 Å². The summed E-state index contributed by atoms with van der Waals surface area (Å²) in [6.07, 6.45) is 0. The highest BCUT2D eigenvalue weighted by Crippen LogP contribution is 2.36. The average molecular weight is 435 g/mol. The van der Waals surface area contributed by atoms with E-state index in [1.54, 1.807) is 18.2 Å². The van der Waals surface area contributed by atoms with Crippen molar-refractivity contribution in [2.75, 3.05) is 4.72 Å². The van der Waals surface area contributed by atoms with Crippen LogP contribution in [0.5, 0.6) is 0 Å². The first-order valence-corrected chi connectivity index (χ1v) is 10.9. The molecule has 0 atom stereocenters. The highest BCUT2D eigenvalue weighted by molar-refractivity contribution is 7.92. The second-order valence-electron chi connectivity index (χ2n) is 5.74. The minimum atomic E-state index is -3.73. The number of para-hydroxylation sites is 1. The van der Waals surface area contributed by atoms with Crippen LogP contribution in [0.15, 0.2) is 71.6 Å². The minimum absolute atomic E-state index is 0.123. The molecule has 1 heterocycles. The van der Waals surface area contributed by atoms with Crippen molar-refractivity contribution in [3.05, 3.63) is 76.8 Å². The maximum absolute atomic E-state index is 12.5. The lowest BCUT2D eigenvalue weighted by Gasteiger charge is -2.10. The molecule has 27 heavy (non-hydrogen) atoms. The van der Waals surface area contributed by atoms with E-state index in [0.717, 1.165) is 20.8 Å². The normalized spacial score (nSPS) is 11.6. The van der Waals surface area contributed by atoms with Gasteiger partial charge in [-0.15, -0.1) is 11.3 Å². The SMILES string of the molecule is O=S(=O)(Nc1ccc(-c2nc3ccccc3s2)c(Cl)c1)c1ccc(Cl)cc1. The zero-order chi connectivity index (χ0) is 19.0. The fourth-order valence-corrected chi connectivity index (χ4v) is 5.07. The Morgan fingerprint density at radius 2 is 1.67 bits per heavy atom. The third-order valence-electron chi connectivity index (χ3n) is 3.87. The number of rotatable bonds is 4. The highest BCUT2D eigenvalue weighted by Gasteiger charge is 2.16. The summed E-state index contributed by atoms with van der Waals surface area (Å²) in [5, 5.41) is 1.68. The molecule has 0 fully saturated rings. The van der Waals surface area contributed by atoms with Gasteiger partial charge >= 0.3 is 0 Å². The Bertz CT molecular complexity index is 1200. The molecule has 0 spiro atoms. The van der Waals surface area contributed by atoms with E-state index < -0.39 is 10.0 Å². The Morgan fingerprint density at radius 3 is 2.37 bits per heavy atom. The van der Waals surface area contributed by atoms with Crippen LogP contribution in [0.1, 0.15) is 0 Å². The first kappa shape index (κ1) is 18.3. The number of nitrogens with zero attached hydrogens (tertiary/aromatic N) is 1. The van der Waals surface area contributed by atoms with E-state index >= 15 is 0 Å². The van der Waals surface area contributed by atoms with Crippen molar-refractivity contribution in [2.45, 2.75) is 4.90 Å². The third-order valence-corrected chi connectivity index (χ3v) is 6.90. The Balaban J connectivity index is 1.64. The molecule has 3 aromatic carbocycles. The number of halogens is 2. The summed E-state index contributed by atoms with van der Waals surface area (Å²) in [5.74, 6) is 0. The molecule has 1 aromatic heterocycles. The summed E-state index contributed by atoms with van der Waals surface area (Å²) in [6, 6.07) is 18.8. The van der Waals surface area contributed by atoms with Gasteiger partial charge in [0, 0.05) is 10.6 Å². The summed E-state index contributed by atoms with van der Waals surface area (Å²) in [6.45, 7) is 0. The van der Waals surface area contributed by atoms with Crippen molar-refractivity contribution in [3.63, 3.8) is 0 Å². The van der Waals surface area contributed by atoms with Crippen LogP contribution in [0.2, 0.25) is 10.0 Å². The Morgan fingerprint density at radius 1 is 0.926 bits per heavy atom. The molecule has 4 aromatic rings. The molecular weight excluding hydrogens is 423 g/mol. The molecule has 0 amide bonds. The van der Waals surface area contributed by atoms with Crippen LogP contribution in [0.3, 0.4) is 0 Å². The molecule has 0 aliphatic heterocycles. The Kier molecular flexibility index (Phi) is 4.82. The first-order chi connectivity index (χ1) is 12.9. The number of sulfonamides is 1. The van der Waals surface area contributed by atoms with Gasteiger partial charge in [-0.05, 0) is 54.6 Å². The van der Waals surface area contributed by atoms with E-state index in [1.165, 1.54) is 35.6 Å². The maximum Gasteiger partial charge on any atom is 0.261 e. The van der Waals surface area contributed by atoms with Crippen LogP contribution >= 0.6 is 34.5 Å². The van der Waals surface area contributed by atoms with Crippen molar-refractivity contribution in [3.8, 4) is 10.6 Å². The second-order valence-corrected chi connectivity index (χ2v) is 9.30. The number of aromatic nitrogens is 1. The molecule has 0 radical (unpaired) electrons. The number of thiazole rings is 1. The molecule has 0 bridgehead atoms. The summed E-state index contributed by atoms with van der Waals surface area (Å²) in [7, 11) is -3.73. The second kappa shape index (κ2) is 7.13. The van der Waals surface area contributed by atoms with Crippen LogP contribution in [0.4, 0.5) is 5.69 Å². The fraction of sp³-hybridized carbons (Fsp3) is 0. The van der Waals surface area contributed by atoms with Gasteiger partial charge in [-0.3, -0.25) is 4.72 Å². The van der Waals surface area contributed by atoms with Gasteiger partial charge in [0.1, 0.15) is 5.01 Å². The van der Waals surface area contributed by atoms with Crippen molar-refractivity contribution >= 4 is 60.5 Å². The van der Waals surface area contributed by atoms with Gasteiger partial charge < -0.3 is 0 Å². The maximum atomic E-state index is 12.5. The van der Waals surface area contributed by atoms with E-state index in [-0.39, 0.29) is 4.90 Å². The monoisotopic (exact) mass is 434 g/mol. The quantitative estimate of drug-likeness (QED) is 0.423. The predicted octanol–water partition coefficient (Wildman–Crippen LogP) is 6.07. The molecule has 0 aliphatic carbocycles. The van der Waals surface area contributed by atoms with Crippen LogP contribution in [-0.2, 0) is 10.0 Å². The van der Waals surface area contributed by atoms with E-state index in [9.17, 15) is 8.42 Å². The molecule has 4 nitrogen and oxygen atoms in total. The lowest BCUT2D eigenvalue weighted by molar-refractivity contribution is 0.601. The molecule has 136 valence electrons. The van der Waals surface area contributed by atoms with E-state index in [2.05, 4.69) is 9.71 Å². The molecule has 8 heteroatoms. The Hall–Kier alpha value is -2.12. The number of hydrogen-bond acceptors (Lipinski definition) is 4.